The van der Waals surface area contributed by atoms with E-state index in [2.05, 4.69) is 62.5 Å². The van der Waals surface area contributed by atoms with Gasteiger partial charge < -0.3 is 19.3 Å². The smallest absolute Gasteiger partial charge is 0.462 e. The minimum absolute atomic E-state index is 0.000527. The molecule has 0 aromatic rings. The van der Waals surface area contributed by atoms with Crippen LogP contribution < -0.4 is 0 Å². The Morgan fingerprint density at radius 2 is 0.947 bits per heavy atom. The Morgan fingerprint density at radius 1 is 0.544 bits per heavy atom. The van der Waals surface area contributed by atoms with E-state index in [4.69, 9.17) is 18.5 Å². The molecule has 57 heavy (non-hydrogen) atoms. The molecule has 9 nitrogen and oxygen atoms in total. The summed E-state index contributed by atoms with van der Waals surface area (Å²) in [7, 11) is -0.729. The molecule has 0 aliphatic rings. The molecule has 0 heterocycles. The van der Waals surface area contributed by atoms with Gasteiger partial charge in [0.2, 0.25) is 0 Å². The molecule has 0 aliphatic carbocycles. The molecule has 0 spiro atoms. The summed E-state index contributed by atoms with van der Waals surface area (Å²) in [6.45, 7) is 4.27. The lowest BCUT2D eigenvalue weighted by Gasteiger charge is -2.20. The molecule has 0 aliphatic heterocycles. The third-order valence-electron chi connectivity index (χ3n) is 9.64. The van der Waals surface area contributed by atoms with Crippen LogP contribution in [0.2, 0.25) is 0 Å². The molecule has 0 rings (SSSR count). The van der Waals surface area contributed by atoms with Gasteiger partial charge in [-0.2, -0.15) is 0 Å². The van der Waals surface area contributed by atoms with Gasteiger partial charge in [-0.25, -0.2) is 4.57 Å². The van der Waals surface area contributed by atoms with Gasteiger partial charge in [-0.1, -0.05) is 172 Å². The van der Waals surface area contributed by atoms with E-state index in [1.807, 2.05) is 19.0 Å². The van der Waals surface area contributed by atoms with Crippen molar-refractivity contribution in [3.63, 3.8) is 0 Å². The summed E-state index contributed by atoms with van der Waals surface area (Å²) >= 11 is 0. The zero-order chi connectivity index (χ0) is 41.9. The maximum Gasteiger partial charge on any atom is 0.472 e. The van der Waals surface area contributed by atoms with Crippen LogP contribution in [0.25, 0.3) is 0 Å². The second-order valence-corrected chi connectivity index (χ2v) is 17.0. The SMILES string of the molecule is CCCCC/C=C\C/C=C\C/C=C\C/C=C\CCCCCC(=O)OC(COC(=O)CCCCCCCCCCCCCCCCC)COP(=O)(O)OCCN(C)C. The Bertz CT molecular complexity index is 1090. The number of phosphoric ester groups is 1. The van der Waals surface area contributed by atoms with E-state index >= 15 is 0 Å². The first-order chi connectivity index (χ1) is 27.7. The van der Waals surface area contributed by atoms with Crippen LogP contribution in [-0.4, -0.2) is 68.3 Å². The molecule has 332 valence electrons. The van der Waals surface area contributed by atoms with Gasteiger partial charge in [-0.3, -0.25) is 18.6 Å². The number of unbranched alkanes of at least 4 members (excludes halogenated alkanes) is 20. The summed E-state index contributed by atoms with van der Waals surface area (Å²) in [6, 6.07) is 0. The van der Waals surface area contributed by atoms with Crippen molar-refractivity contribution in [3.8, 4) is 0 Å². The molecular weight excluding hydrogens is 737 g/mol. The van der Waals surface area contributed by atoms with Crippen molar-refractivity contribution in [1.29, 1.82) is 0 Å². The molecule has 0 amide bonds. The topological polar surface area (TPSA) is 112 Å². The third-order valence-corrected chi connectivity index (χ3v) is 10.6. The van der Waals surface area contributed by atoms with Crippen molar-refractivity contribution < 1.29 is 37.6 Å². The number of nitrogens with zero attached hydrogens (tertiary/aromatic N) is 1. The summed E-state index contributed by atoms with van der Waals surface area (Å²) < 4.78 is 33.5. The van der Waals surface area contributed by atoms with Gasteiger partial charge in [-0.05, 0) is 71.9 Å². The highest BCUT2D eigenvalue weighted by atomic mass is 31.2. The number of carbonyl (C=O) groups is 2. The monoisotopic (exact) mass is 824 g/mol. The second kappa shape index (κ2) is 42.1. The summed E-state index contributed by atoms with van der Waals surface area (Å²) in [5.74, 6) is -0.835. The largest absolute Gasteiger partial charge is 0.472 e. The molecule has 1 N–H and O–H groups in total. The van der Waals surface area contributed by atoms with Crippen LogP contribution in [0, 0.1) is 0 Å². The van der Waals surface area contributed by atoms with E-state index in [1.165, 1.54) is 103 Å². The van der Waals surface area contributed by atoms with Crippen LogP contribution >= 0.6 is 7.82 Å². The lowest BCUT2D eigenvalue weighted by atomic mass is 10.0. The number of carbonyl (C=O) groups excluding carboxylic acids is 2. The molecule has 0 radical (unpaired) electrons. The number of esters is 2. The fraction of sp³-hybridized carbons (Fsp3) is 0.787. The van der Waals surface area contributed by atoms with Crippen LogP contribution in [-0.2, 0) is 32.7 Å². The highest BCUT2D eigenvalue weighted by molar-refractivity contribution is 7.47. The van der Waals surface area contributed by atoms with Gasteiger partial charge in [0.15, 0.2) is 6.10 Å². The zero-order valence-corrected chi connectivity index (χ0v) is 37.9. The molecule has 0 saturated heterocycles. The highest BCUT2D eigenvalue weighted by Crippen LogP contribution is 2.43. The average molecular weight is 824 g/mol. The van der Waals surface area contributed by atoms with Crippen molar-refractivity contribution in [1.82, 2.24) is 4.90 Å². The summed E-state index contributed by atoms with van der Waals surface area (Å²) in [6.07, 6.45) is 47.2. The van der Waals surface area contributed by atoms with E-state index in [-0.39, 0.29) is 32.0 Å². The van der Waals surface area contributed by atoms with Crippen LogP contribution in [0.5, 0.6) is 0 Å². The van der Waals surface area contributed by atoms with Gasteiger partial charge in [0, 0.05) is 19.4 Å². The van der Waals surface area contributed by atoms with Gasteiger partial charge in [0.25, 0.3) is 0 Å². The number of ether oxygens (including phenoxy) is 2. The Labute approximate surface area is 350 Å². The van der Waals surface area contributed by atoms with Crippen LogP contribution in [0.1, 0.15) is 194 Å². The summed E-state index contributed by atoms with van der Waals surface area (Å²) in [5, 5.41) is 0. The molecule has 0 aromatic heterocycles. The van der Waals surface area contributed by atoms with E-state index in [0.29, 0.717) is 13.0 Å². The minimum atomic E-state index is -4.37. The van der Waals surface area contributed by atoms with Gasteiger partial charge in [-0.15, -0.1) is 0 Å². The first-order valence-corrected chi connectivity index (χ1v) is 24.4. The standard InChI is InChI=1S/C47H86NO8P/c1-5-7-9-11-13-15-17-19-21-22-23-24-26-28-30-32-34-36-38-40-47(50)56-45(44-55-57(51,52)54-42-41-48(3)4)43-53-46(49)39-37-35-33-31-29-27-25-20-18-16-14-12-10-8-6-2/h13,15,19,21,23-24,28,30,45H,5-12,14,16-18,20,22,25-27,29,31-44H2,1-4H3,(H,51,52)/b15-13-,21-19-,24-23-,30-28-. The van der Waals surface area contributed by atoms with Crippen LogP contribution in [0.15, 0.2) is 48.6 Å². The lowest BCUT2D eigenvalue weighted by Crippen LogP contribution is -2.29. The Balaban J connectivity index is 4.33. The van der Waals surface area contributed by atoms with Gasteiger partial charge >= 0.3 is 19.8 Å². The number of likely N-dealkylation sites (N-methyl/N-ethyl adjacent to an activating group) is 1. The van der Waals surface area contributed by atoms with Crippen LogP contribution in [0.3, 0.4) is 0 Å². The summed E-state index contributed by atoms with van der Waals surface area (Å²) in [4.78, 5) is 37.1. The zero-order valence-electron chi connectivity index (χ0n) is 37.0. The van der Waals surface area contributed by atoms with Crippen molar-refractivity contribution in [2.24, 2.45) is 0 Å². The first kappa shape index (κ1) is 55.0. The average Bonchev–Trinajstić information content (AvgIpc) is 3.18. The Kier molecular flexibility index (Phi) is 40.6. The molecule has 0 aromatic carbocycles. The second-order valence-electron chi connectivity index (χ2n) is 15.6. The van der Waals surface area contributed by atoms with Crippen molar-refractivity contribution >= 4 is 19.8 Å². The first-order valence-electron chi connectivity index (χ1n) is 22.9. The fourth-order valence-corrected chi connectivity index (χ4v) is 6.82. The number of hydrogen-bond donors (Lipinski definition) is 1. The summed E-state index contributed by atoms with van der Waals surface area (Å²) in [5.41, 5.74) is 0. The van der Waals surface area contributed by atoms with Crippen molar-refractivity contribution in [2.75, 3.05) is 40.5 Å². The quantitative estimate of drug-likeness (QED) is 0.0278. The molecule has 2 unspecified atom stereocenters. The Hall–Kier alpha value is -2.03. The maximum absolute atomic E-state index is 12.7. The molecule has 0 bridgehead atoms. The predicted octanol–water partition coefficient (Wildman–Crippen LogP) is 13.3. The highest BCUT2D eigenvalue weighted by Gasteiger charge is 2.26. The van der Waals surface area contributed by atoms with Crippen molar-refractivity contribution in [2.45, 2.75) is 200 Å². The van der Waals surface area contributed by atoms with E-state index < -0.39 is 26.5 Å². The molecule has 10 heteroatoms. The molecule has 0 saturated carbocycles. The molecule has 2 atom stereocenters. The Morgan fingerprint density at radius 3 is 1.44 bits per heavy atom. The predicted molar refractivity (Wildman–Crippen MR) is 238 cm³/mol. The van der Waals surface area contributed by atoms with E-state index in [1.54, 1.807) is 0 Å². The van der Waals surface area contributed by atoms with Crippen LogP contribution in [0.4, 0.5) is 0 Å². The van der Waals surface area contributed by atoms with Gasteiger partial charge in [0.1, 0.15) is 6.61 Å². The number of hydrogen-bond acceptors (Lipinski definition) is 8. The van der Waals surface area contributed by atoms with E-state index in [9.17, 15) is 19.0 Å². The normalized spacial score (nSPS) is 13.8. The third kappa shape index (κ3) is 43.4. The number of phosphoric acid groups is 1. The van der Waals surface area contributed by atoms with E-state index in [0.717, 1.165) is 57.8 Å². The number of allylic oxidation sites excluding steroid dienone is 8. The fourth-order valence-electron chi connectivity index (χ4n) is 6.08. The minimum Gasteiger partial charge on any atom is -0.462 e. The van der Waals surface area contributed by atoms with Crippen molar-refractivity contribution in [3.05, 3.63) is 48.6 Å². The van der Waals surface area contributed by atoms with Gasteiger partial charge in [0.05, 0.1) is 13.2 Å². The molecule has 0 fully saturated rings. The number of rotatable bonds is 42. The molecular formula is C47H86NO8P. The maximum atomic E-state index is 12.7. The lowest BCUT2D eigenvalue weighted by molar-refractivity contribution is -0.161.